The summed E-state index contributed by atoms with van der Waals surface area (Å²) in [5.74, 6) is 0.0319. The van der Waals surface area contributed by atoms with Crippen molar-refractivity contribution in [3.05, 3.63) is 48.0 Å². The van der Waals surface area contributed by atoms with E-state index in [2.05, 4.69) is 36.3 Å². The third-order valence-electron chi connectivity index (χ3n) is 8.79. The Morgan fingerprint density at radius 3 is 2.45 bits per heavy atom. The Labute approximate surface area is 260 Å². The number of amides is 2. The van der Waals surface area contributed by atoms with Crippen LogP contribution in [-0.4, -0.2) is 93.1 Å². The number of sulfone groups is 1. The molecular weight excluding hydrogens is 582 g/mol. The second kappa shape index (κ2) is 13.2. The lowest BCUT2D eigenvalue weighted by atomic mass is 9.92. The van der Waals surface area contributed by atoms with Gasteiger partial charge in [-0.15, -0.1) is 0 Å². The molecule has 0 spiro atoms. The molecule has 4 bridgehead atoms. The number of benzene rings is 2. The maximum absolute atomic E-state index is 13.7. The van der Waals surface area contributed by atoms with Crippen molar-refractivity contribution in [2.75, 3.05) is 32.5 Å². The minimum Gasteiger partial charge on any atom is -0.493 e. The summed E-state index contributed by atoms with van der Waals surface area (Å²) in [4.78, 5) is 29.5. The van der Waals surface area contributed by atoms with Crippen molar-refractivity contribution in [3.8, 4) is 16.9 Å². The lowest BCUT2D eigenvalue weighted by Gasteiger charge is -2.34. The highest BCUT2D eigenvalue weighted by Gasteiger charge is 2.39. The molecule has 0 saturated carbocycles. The zero-order valence-electron chi connectivity index (χ0n) is 26.0. The number of ether oxygens (including phenoxy) is 2. The van der Waals surface area contributed by atoms with Gasteiger partial charge in [0, 0.05) is 31.8 Å². The van der Waals surface area contributed by atoms with E-state index in [1.165, 1.54) is 6.26 Å². The molecule has 11 heteroatoms. The smallest absolute Gasteiger partial charge is 0.255 e. The number of nitrogens with one attached hydrogen (secondary N) is 2. The van der Waals surface area contributed by atoms with Crippen molar-refractivity contribution >= 4 is 21.7 Å². The van der Waals surface area contributed by atoms with Gasteiger partial charge in [-0.05, 0) is 73.0 Å². The minimum absolute atomic E-state index is 0.0891. The molecule has 240 valence electrons. The number of aliphatic hydroxyl groups excluding tert-OH is 1. The number of carbonyl (C=O) groups is 2. The first-order valence-corrected chi connectivity index (χ1v) is 17.4. The summed E-state index contributed by atoms with van der Waals surface area (Å²) in [7, 11) is -3.32. The van der Waals surface area contributed by atoms with Gasteiger partial charge in [-0.3, -0.25) is 14.5 Å². The normalized spacial score (nSPS) is 27.2. The summed E-state index contributed by atoms with van der Waals surface area (Å²) in [6, 6.07) is 11.3. The number of hydrogen-bond acceptors (Lipinski definition) is 8. The van der Waals surface area contributed by atoms with E-state index in [0.717, 1.165) is 24.1 Å². The third-order valence-corrected chi connectivity index (χ3v) is 9.92. The minimum atomic E-state index is -3.32. The summed E-state index contributed by atoms with van der Waals surface area (Å²) >= 11 is 0. The molecule has 44 heavy (non-hydrogen) atoms. The monoisotopic (exact) mass is 627 g/mol. The van der Waals surface area contributed by atoms with Crippen molar-refractivity contribution < 1.29 is 32.6 Å². The molecule has 5 rings (SSSR count). The molecule has 0 aromatic heterocycles. The van der Waals surface area contributed by atoms with E-state index in [1.807, 2.05) is 12.1 Å². The van der Waals surface area contributed by atoms with Gasteiger partial charge in [0.15, 0.2) is 9.84 Å². The number of likely N-dealkylation sites (tertiary alicyclic amines) is 1. The van der Waals surface area contributed by atoms with Crippen LogP contribution in [0.2, 0.25) is 0 Å². The van der Waals surface area contributed by atoms with Crippen molar-refractivity contribution in [1.29, 1.82) is 0 Å². The molecule has 2 aromatic carbocycles. The van der Waals surface area contributed by atoms with Crippen LogP contribution in [0, 0.1) is 5.41 Å². The van der Waals surface area contributed by atoms with Crippen LogP contribution < -0.4 is 15.4 Å². The van der Waals surface area contributed by atoms with Gasteiger partial charge in [-0.1, -0.05) is 39.0 Å². The highest BCUT2D eigenvalue weighted by atomic mass is 32.2. The van der Waals surface area contributed by atoms with Gasteiger partial charge in [-0.25, -0.2) is 8.42 Å². The molecule has 3 aliphatic rings. The highest BCUT2D eigenvalue weighted by molar-refractivity contribution is 7.90. The Morgan fingerprint density at radius 2 is 1.75 bits per heavy atom. The molecule has 2 amide bonds. The molecule has 10 nitrogen and oxygen atoms in total. The Morgan fingerprint density at radius 1 is 1.02 bits per heavy atom. The average molecular weight is 628 g/mol. The topological polar surface area (TPSA) is 134 Å². The highest BCUT2D eigenvalue weighted by Crippen LogP contribution is 2.31. The number of fused-ring (bicyclic) bond motifs is 5. The van der Waals surface area contributed by atoms with Gasteiger partial charge in [0.1, 0.15) is 11.9 Å². The van der Waals surface area contributed by atoms with Crippen molar-refractivity contribution in [3.63, 3.8) is 0 Å². The number of carbonyl (C=O) groups excluding carboxylic acids is 2. The van der Waals surface area contributed by atoms with Gasteiger partial charge in [-0.2, -0.15) is 0 Å². The fourth-order valence-electron chi connectivity index (χ4n) is 6.14. The molecule has 2 aromatic rings. The summed E-state index contributed by atoms with van der Waals surface area (Å²) in [5.41, 5.74) is 2.06. The molecule has 0 unspecified atom stereocenters. The molecule has 2 fully saturated rings. The first-order valence-electron chi connectivity index (χ1n) is 15.5. The van der Waals surface area contributed by atoms with Gasteiger partial charge in [0.05, 0.1) is 35.3 Å². The second-order valence-electron chi connectivity index (χ2n) is 13.6. The molecule has 3 heterocycles. The van der Waals surface area contributed by atoms with E-state index in [-0.39, 0.29) is 40.8 Å². The van der Waals surface area contributed by atoms with Gasteiger partial charge < -0.3 is 25.2 Å². The largest absolute Gasteiger partial charge is 0.493 e. The van der Waals surface area contributed by atoms with E-state index < -0.39 is 28.1 Å². The standard InChI is InChI=1S/C33H45N3O7S/c1-33(2,3)14-15-36-20-23-18-27(36)32(39)34-19-30-28(37)12-8-24(43-30)13-16-42-29-17-22(7-11-26(29)31(38)35-23)21-5-9-25(10-6-21)44(4,40)41/h5-7,9-11,17,23-24,27-28,30,37H,8,12-16,18-20H2,1-4H3,(H,34,39)(H,35,38)/t23-,24-,27-,28-,30+/m0/s1. The fraction of sp³-hybridized carbons (Fsp3) is 0.576. The zero-order valence-corrected chi connectivity index (χ0v) is 26.9. The maximum Gasteiger partial charge on any atom is 0.255 e. The third kappa shape index (κ3) is 7.99. The second-order valence-corrected chi connectivity index (χ2v) is 15.6. The van der Waals surface area contributed by atoms with E-state index in [1.54, 1.807) is 30.3 Å². The van der Waals surface area contributed by atoms with E-state index in [9.17, 15) is 23.1 Å². The Kier molecular flexibility index (Phi) is 9.69. The molecule has 3 aliphatic heterocycles. The number of nitrogens with zero attached hydrogens (tertiary/aromatic N) is 1. The predicted octanol–water partition coefficient (Wildman–Crippen LogP) is 3.17. The summed E-state index contributed by atoms with van der Waals surface area (Å²) in [5, 5.41) is 16.8. The van der Waals surface area contributed by atoms with Gasteiger partial charge >= 0.3 is 0 Å². The summed E-state index contributed by atoms with van der Waals surface area (Å²) in [6.45, 7) is 8.29. The van der Waals surface area contributed by atoms with Gasteiger partial charge in [0.2, 0.25) is 5.91 Å². The van der Waals surface area contributed by atoms with Crippen LogP contribution in [0.5, 0.6) is 5.75 Å². The van der Waals surface area contributed by atoms with Crippen LogP contribution in [0.3, 0.4) is 0 Å². The molecule has 5 atom stereocenters. The van der Waals surface area contributed by atoms with Crippen LogP contribution in [0.4, 0.5) is 0 Å². The lowest BCUT2D eigenvalue weighted by Crippen LogP contribution is -2.50. The Balaban J connectivity index is 1.43. The van der Waals surface area contributed by atoms with Crippen molar-refractivity contribution in [1.82, 2.24) is 15.5 Å². The molecule has 0 radical (unpaired) electrons. The van der Waals surface area contributed by atoms with Gasteiger partial charge in [0.25, 0.3) is 5.91 Å². The van der Waals surface area contributed by atoms with E-state index in [0.29, 0.717) is 50.1 Å². The number of hydrogen-bond donors (Lipinski definition) is 3. The molecule has 0 aliphatic carbocycles. The number of rotatable bonds is 4. The first kappa shape index (κ1) is 32.4. The Hall–Kier alpha value is -2.99. The van der Waals surface area contributed by atoms with Crippen LogP contribution in [0.1, 0.15) is 63.2 Å². The maximum atomic E-state index is 13.7. The summed E-state index contributed by atoms with van der Waals surface area (Å²) < 4.78 is 36.3. The molecular formula is C33H45N3O7S. The van der Waals surface area contributed by atoms with Crippen LogP contribution in [0.25, 0.3) is 11.1 Å². The fourth-order valence-corrected chi connectivity index (χ4v) is 6.77. The predicted molar refractivity (Wildman–Crippen MR) is 167 cm³/mol. The summed E-state index contributed by atoms with van der Waals surface area (Å²) in [6.07, 6.45) is 3.02. The zero-order chi connectivity index (χ0) is 31.6. The van der Waals surface area contributed by atoms with E-state index in [4.69, 9.17) is 9.47 Å². The molecule has 3 N–H and O–H groups in total. The molecule has 2 saturated heterocycles. The Bertz CT molecular complexity index is 1450. The average Bonchev–Trinajstić information content (AvgIpc) is 3.37. The van der Waals surface area contributed by atoms with Crippen molar-refractivity contribution in [2.24, 2.45) is 5.41 Å². The first-order chi connectivity index (χ1) is 20.8. The van der Waals surface area contributed by atoms with Crippen LogP contribution in [0.15, 0.2) is 47.4 Å². The number of aliphatic hydroxyl groups is 1. The van der Waals surface area contributed by atoms with Crippen molar-refractivity contribution in [2.45, 2.75) is 88.2 Å². The lowest BCUT2D eigenvalue weighted by molar-refractivity contribution is -0.133. The van der Waals surface area contributed by atoms with E-state index >= 15 is 0 Å². The van der Waals surface area contributed by atoms with Crippen LogP contribution in [-0.2, 0) is 19.4 Å². The van der Waals surface area contributed by atoms with Crippen LogP contribution >= 0.6 is 0 Å². The SMILES string of the molecule is CC(C)(C)CCN1C[C@@H]2C[C@H]1C(=O)NC[C@H]1O[C@H](CCOc3cc(-c4ccc(S(C)(=O)=O)cc4)ccc3C(=O)N2)CC[C@@H]1O. The quantitative estimate of drug-likeness (QED) is 0.471.